The average molecular weight is 309 g/mol. The number of fused-ring (bicyclic) bond motifs is 1. The van der Waals surface area contributed by atoms with Gasteiger partial charge in [-0.05, 0) is 18.6 Å². The Morgan fingerprint density at radius 2 is 2.29 bits per heavy atom. The van der Waals surface area contributed by atoms with E-state index in [0.29, 0.717) is 16.1 Å². The highest BCUT2D eigenvalue weighted by atomic mass is 35.5. The van der Waals surface area contributed by atoms with Crippen molar-refractivity contribution in [2.24, 2.45) is 0 Å². The predicted octanol–water partition coefficient (Wildman–Crippen LogP) is 4.31. The number of rotatable bonds is 2. The first-order valence-corrected chi connectivity index (χ1v) is 6.75. The zero-order chi connectivity index (χ0) is 15.1. The monoisotopic (exact) mass is 308 g/mol. The van der Waals surface area contributed by atoms with E-state index < -0.39 is 23.4 Å². The van der Waals surface area contributed by atoms with Crippen LogP contribution in [-0.4, -0.2) is 21.9 Å². The summed E-state index contributed by atoms with van der Waals surface area (Å²) in [4.78, 5) is 19.3. The Morgan fingerprint density at radius 1 is 1.52 bits per heavy atom. The molecule has 1 unspecified atom stereocenters. The molecule has 0 aromatic carbocycles. The van der Waals surface area contributed by atoms with Gasteiger partial charge >= 0.3 is 0 Å². The van der Waals surface area contributed by atoms with Crippen LogP contribution in [0, 0.1) is 0 Å². The van der Waals surface area contributed by atoms with Gasteiger partial charge in [0.05, 0.1) is 10.6 Å². The third-order valence-corrected chi connectivity index (χ3v) is 3.72. The molecule has 0 saturated heterocycles. The summed E-state index contributed by atoms with van der Waals surface area (Å²) in [5, 5.41) is 0.800. The number of halogens is 3. The van der Waals surface area contributed by atoms with E-state index in [0.717, 1.165) is 0 Å². The van der Waals surface area contributed by atoms with Crippen LogP contribution in [0.15, 0.2) is 41.5 Å². The molecule has 6 heteroatoms. The first-order chi connectivity index (χ1) is 9.99. The number of carbonyl (C=O) groups is 1. The van der Waals surface area contributed by atoms with E-state index in [4.69, 9.17) is 11.6 Å². The highest BCUT2D eigenvalue weighted by molar-refractivity contribution is 6.31. The summed E-state index contributed by atoms with van der Waals surface area (Å²) in [5.74, 6) is -1.47. The van der Waals surface area contributed by atoms with Crippen molar-refractivity contribution in [3.05, 3.63) is 52.1 Å². The number of aromatic amines is 1. The van der Waals surface area contributed by atoms with Crippen LogP contribution in [0.4, 0.5) is 8.78 Å². The molecule has 0 fully saturated rings. The number of allylic oxidation sites excluding steroid dienone is 4. The number of H-pyrrole nitrogens is 1. The fourth-order valence-electron chi connectivity index (χ4n) is 2.39. The SMILES string of the molecule is CC1=CCC(F)C(C(=O)c2c[nH]c3ncc(Cl)cc23)=C1F. The lowest BCUT2D eigenvalue weighted by atomic mass is 9.91. The Morgan fingerprint density at radius 3 is 3.05 bits per heavy atom. The molecule has 0 radical (unpaired) electrons. The minimum atomic E-state index is -1.64. The van der Waals surface area contributed by atoms with Crippen LogP contribution in [-0.2, 0) is 0 Å². The standard InChI is InChI=1S/C15H11ClF2N2O/c1-7-2-3-11(17)12(13(7)18)14(21)10-6-20-15-9(10)4-8(16)5-19-15/h2,4-6,11H,3H2,1H3,(H,19,20). The van der Waals surface area contributed by atoms with Crippen molar-refractivity contribution in [2.45, 2.75) is 19.5 Å². The van der Waals surface area contributed by atoms with Crippen LogP contribution >= 0.6 is 11.6 Å². The van der Waals surface area contributed by atoms with Crippen molar-refractivity contribution in [1.82, 2.24) is 9.97 Å². The molecule has 0 amide bonds. The summed E-state index contributed by atoms with van der Waals surface area (Å²) in [5.41, 5.74) is 0.462. The zero-order valence-corrected chi connectivity index (χ0v) is 11.8. The van der Waals surface area contributed by atoms with Crippen LogP contribution in [0.25, 0.3) is 11.0 Å². The first-order valence-electron chi connectivity index (χ1n) is 6.37. The van der Waals surface area contributed by atoms with Crippen molar-refractivity contribution in [1.29, 1.82) is 0 Å². The number of pyridine rings is 1. The summed E-state index contributed by atoms with van der Waals surface area (Å²) in [6.45, 7) is 1.52. The van der Waals surface area contributed by atoms with Gasteiger partial charge in [0.25, 0.3) is 0 Å². The van der Waals surface area contributed by atoms with Gasteiger partial charge in [-0.1, -0.05) is 17.7 Å². The molecule has 2 aromatic rings. The van der Waals surface area contributed by atoms with Crippen LogP contribution in [0.2, 0.25) is 5.02 Å². The third kappa shape index (κ3) is 2.27. The van der Waals surface area contributed by atoms with E-state index in [1.807, 2.05) is 0 Å². The number of hydrogen-bond acceptors (Lipinski definition) is 2. The lowest BCUT2D eigenvalue weighted by Crippen LogP contribution is -2.19. The Bertz CT molecular complexity index is 807. The Hall–Kier alpha value is -2.01. The van der Waals surface area contributed by atoms with Gasteiger partial charge in [-0.3, -0.25) is 4.79 Å². The Kier molecular flexibility index (Phi) is 3.37. The fraction of sp³-hybridized carbons (Fsp3) is 0.200. The Labute approximate surface area is 124 Å². The van der Waals surface area contributed by atoms with Gasteiger partial charge in [-0.25, -0.2) is 13.8 Å². The molecule has 3 rings (SSSR count). The van der Waals surface area contributed by atoms with E-state index in [1.54, 1.807) is 6.07 Å². The number of hydrogen-bond donors (Lipinski definition) is 1. The molecule has 2 aromatic heterocycles. The van der Waals surface area contributed by atoms with Crippen molar-refractivity contribution in [3.8, 4) is 0 Å². The van der Waals surface area contributed by atoms with E-state index in [-0.39, 0.29) is 17.6 Å². The molecule has 108 valence electrons. The summed E-state index contributed by atoms with van der Waals surface area (Å²) >= 11 is 5.86. The van der Waals surface area contributed by atoms with Gasteiger partial charge < -0.3 is 4.98 Å². The molecular formula is C15H11ClF2N2O. The van der Waals surface area contributed by atoms with E-state index in [9.17, 15) is 13.6 Å². The number of Topliss-reactive ketones (excluding diaryl/α,β-unsaturated/α-hetero) is 1. The number of aromatic nitrogens is 2. The van der Waals surface area contributed by atoms with Gasteiger partial charge in [0.15, 0.2) is 5.78 Å². The number of alkyl halides is 1. The van der Waals surface area contributed by atoms with Gasteiger partial charge in [-0.2, -0.15) is 0 Å². The van der Waals surface area contributed by atoms with Crippen molar-refractivity contribution in [3.63, 3.8) is 0 Å². The van der Waals surface area contributed by atoms with Gasteiger partial charge in [-0.15, -0.1) is 0 Å². The number of ketones is 1. The van der Waals surface area contributed by atoms with Crippen LogP contribution in [0.5, 0.6) is 0 Å². The summed E-state index contributed by atoms with van der Waals surface area (Å²) in [6.07, 6.45) is 2.64. The highest BCUT2D eigenvalue weighted by Crippen LogP contribution is 2.32. The molecule has 2 heterocycles. The molecule has 0 aliphatic heterocycles. The molecule has 3 nitrogen and oxygen atoms in total. The second-order valence-corrected chi connectivity index (χ2v) is 5.34. The molecule has 0 bridgehead atoms. The summed E-state index contributed by atoms with van der Waals surface area (Å²) in [7, 11) is 0. The Balaban J connectivity index is 2.15. The summed E-state index contributed by atoms with van der Waals surface area (Å²) < 4.78 is 28.1. The predicted molar refractivity (Wildman–Crippen MR) is 76.8 cm³/mol. The maximum Gasteiger partial charge on any atom is 0.197 e. The van der Waals surface area contributed by atoms with Crippen molar-refractivity contribution in [2.75, 3.05) is 0 Å². The molecule has 1 atom stereocenters. The van der Waals surface area contributed by atoms with Crippen LogP contribution in [0.3, 0.4) is 0 Å². The molecule has 1 aliphatic carbocycles. The molecule has 1 N–H and O–H groups in total. The minimum Gasteiger partial charge on any atom is -0.345 e. The summed E-state index contributed by atoms with van der Waals surface area (Å²) in [6, 6.07) is 1.55. The number of nitrogens with one attached hydrogen (secondary N) is 1. The van der Waals surface area contributed by atoms with Gasteiger partial charge in [0.1, 0.15) is 17.6 Å². The third-order valence-electron chi connectivity index (χ3n) is 3.51. The van der Waals surface area contributed by atoms with Crippen LogP contribution in [0.1, 0.15) is 23.7 Å². The molecular weight excluding hydrogens is 298 g/mol. The normalized spacial score (nSPS) is 19.0. The first kappa shape index (κ1) is 13.9. The van der Waals surface area contributed by atoms with Crippen molar-refractivity contribution >= 4 is 28.4 Å². The maximum atomic E-state index is 14.1. The molecule has 21 heavy (non-hydrogen) atoms. The van der Waals surface area contributed by atoms with Gasteiger partial charge in [0.2, 0.25) is 0 Å². The zero-order valence-electron chi connectivity index (χ0n) is 11.1. The molecule has 0 spiro atoms. The fourth-order valence-corrected chi connectivity index (χ4v) is 2.55. The molecule has 0 saturated carbocycles. The lowest BCUT2D eigenvalue weighted by Gasteiger charge is -2.17. The number of nitrogens with zero attached hydrogens (tertiary/aromatic N) is 1. The average Bonchev–Trinajstić information content (AvgIpc) is 2.86. The quantitative estimate of drug-likeness (QED) is 0.840. The highest BCUT2D eigenvalue weighted by Gasteiger charge is 2.30. The lowest BCUT2D eigenvalue weighted by molar-refractivity contribution is 0.101. The second kappa shape index (κ2) is 5.07. The smallest absolute Gasteiger partial charge is 0.197 e. The minimum absolute atomic E-state index is 0.00167. The van der Waals surface area contributed by atoms with Crippen molar-refractivity contribution < 1.29 is 13.6 Å². The largest absolute Gasteiger partial charge is 0.345 e. The van der Waals surface area contributed by atoms with Gasteiger partial charge in [0, 0.05) is 29.8 Å². The number of carbonyl (C=O) groups excluding carboxylic acids is 1. The van der Waals surface area contributed by atoms with E-state index >= 15 is 0 Å². The van der Waals surface area contributed by atoms with E-state index in [2.05, 4.69) is 9.97 Å². The topological polar surface area (TPSA) is 45.8 Å². The maximum absolute atomic E-state index is 14.1. The van der Waals surface area contributed by atoms with E-state index in [1.165, 1.54) is 25.4 Å². The van der Waals surface area contributed by atoms with Crippen LogP contribution < -0.4 is 0 Å². The second-order valence-electron chi connectivity index (χ2n) is 4.90. The molecule has 1 aliphatic rings.